The first-order chi connectivity index (χ1) is 18.4. The van der Waals surface area contributed by atoms with Crippen molar-refractivity contribution in [2.45, 2.75) is 6.54 Å². The quantitative estimate of drug-likeness (QED) is 0.119. The highest BCUT2D eigenvalue weighted by Crippen LogP contribution is 2.29. The fraction of sp³-hybridized carbons (Fsp3) is 0.160. The summed E-state index contributed by atoms with van der Waals surface area (Å²) in [4.78, 5) is 24.8. The van der Waals surface area contributed by atoms with E-state index in [9.17, 15) is 31.5 Å². The molecule has 3 aromatic carbocycles. The summed E-state index contributed by atoms with van der Waals surface area (Å²) < 4.78 is 51.7. The zero-order chi connectivity index (χ0) is 30.7. The van der Waals surface area contributed by atoms with E-state index in [-0.39, 0.29) is 17.3 Å². The summed E-state index contributed by atoms with van der Waals surface area (Å²) in [5.74, 6) is -1.48. The topological polar surface area (TPSA) is 237 Å². The number of aromatic carboxylic acids is 1. The highest BCUT2D eigenvalue weighted by atomic mass is 32.2. The number of hydrogen-bond acceptors (Lipinski definition) is 8. The van der Waals surface area contributed by atoms with Crippen LogP contribution in [0.4, 0.5) is 5.69 Å². The Morgan fingerprint density at radius 2 is 1.35 bits per heavy atom. The van der Waals surface area contributed by atoms with Crippen LogP contribution in [0.5, 0.6) is 0 Å². The summed E-state index contributed by atoms with van der Waals surface area (Å²) in [6.45, 7) is 0.564. The van der Waals surface area contributed by atoms with Crippen LogP contribution >= 0.6 is 0 Å². The summed E-state index contributed by atoms with van der Waals surface area (Å²) in [7, 11) is -5.52. The average Bonchev–Trinajstić information content (AvgIpc) is 2.82. The minimum absolute atomic E-state index is 0.0554. The summed E-state index contributed by atoms with van der Waals surface area (Å²) in [6.07, 6.45) is 1.43. The minimum Gasteiger partial charge on any atom is -0.478 e. The van der Waals surface area contributed by atoms with Gasteiger partial charge in [-0.15, -0.1) is 0 Å². The first-order valence-corrected chi connectivity index (χ1v) is 14.8. The average molecular weight is 595 g/mol. The normalized spacial score (nSPS) is 10.7. The summed E-state index contributed by atoms with van der Waals surface area (Å²) in [5, 5.41) is 22.9. The molecule has 0 aliphatic rings. The highest BCUT2D eigenvalue weighted by molar-refractivity contribution is 7.85. The maximum absolute atomic E-state index is 13.1. The van der Waals surface area contributed by atoms with Crippen molar-refractivity contribution in [3.05, 3.63) is 89.0 Å². The SMILES string of the molecule is CNCc1ccc(-c2ccccc2C(=O)O)c(C(=O)Nc2ccc(C(=N)N)cc2)c1.CS(=O)(=O)O.CS(=O)(=O)O. The number of nitrogens with one attached hydrogen (secondary N) is 3. The molecule has 0 unspecified atom stereocenters. The van der Waals surface area contributed by atoms with Crippen LogP contribution in [-0.2, 0) is 26.8 Å². The Hall–Kier alpha value is -4.15. The molecule has 216 valence electrons. The van der Waals surface area contributed by atoms with E-state index in [2.05, 4.69) is 10.6 Å². The largest absolute Gasteiger partial charge is 0.478 e. The molecule has 0 radical (unpaired) electrons. The molecule has 15 heteroatoms. The Balaban J connectivity index is 0.000000686. The molecule has 0 heterocycles. The van der Waals surface area contributed by atoms with E-state index in [1.54, 1.807) is 54.6 Å². The van der Waals surface area contributed by atoms with Crippen molar-refractivity contribution in [3.8, 4) is 11.1 Å². The van der Waals surface area contributed by atoms with Crippen molar-refractivity contribution in [1.82, 2.24) is 5.32 Å². The van der Waals surface area contributed by atoms with Gasteiger partial charge in [-0.05, 0) is 60.1 Å². The molecule has 0 saturated heterocycles. The van der Waals surface area contributed by atoms with Gasteiger partial charge < -0.3 is 21.5 Å². The number of carbonyl (C=O) groups excluding carboxylic acids is 1. The van der Waals surface area contributed by atoms with Gasteiger partial charge in [-0.1, -0.05) is 30.3 Å². The van der Waals surface area contributed by atoms with Gasteiger partial charge in [0.15, 0.2) is 0 Å². The molecule has 0 aliphatic carbocycles. The Kier molecular flexibility index (Phi) is 12.6. The summed E-state index contributed by atoms with van der Waals surface area (Å²) in [6, 6.07) is 18.6. The lowest BCUT2D eigenvalue weighted by atomic mass is 9.93. The molecular formula is C25H30N4O9S2. The number of hydrogen-bond donors (Lipinski definition) is 7. The molecule has 1 amide bonds. The second-order valence-corrected chi connectivity index (χ2v) is 11.1. The number of carboxylic acids is 1. The van der Waals surface area contributed by atoms with Crippen LogP contribution in [0, 0.1) is 5.41 Å². The molecule has 13 nitrogen and oxygen atoms in total. The number of nitrogens with two attached hydrogens (primary N) is 1. The van der Waals surface area contributed by atoms with Gasteiger partial charge >= 0.3 is 5.97 Å². The van der Waals surface area contributed by atoms with Gasteiger partial charge in [0.25, 0.3) is 26.1 Å². The lowest BCUT2D eigenvalue weighted by Crippen LogP contribution is -2.16. The third-order valence-corrected chi connectivity index (χ3v) is 4.61. The van der Waals surface area contributed by atoms with Gasteiger partial charge in [-0.25, -0.2) is 4.79 Å². The van der Waals surface area contributed by atoms with Crippen molar-refractivity contribution in [1.29, 1.82) is 5.41 Å². The zero-order valence-electron chi connectivity index (χ0n) is 21.7. The lowest BCUT2D eigenvalue weighted by Gasteiger charge is -2.14. The first-order valence-electron chi connectivity index (χ1n) is 11.1. The number of anilines is 1. The molecule has 0 atom stereocenters. The number of carboxylic acid groups (broad SMARTS) is 1. The third-order valence-electron chi connectivity index (χ3n) is 4.61. The monoisotopic (exact) mass is 594 g/mol. The van der Waals surface area contributed by atoms with Crippen molar-refractivity contribution in [2.24, 2.45) is 5.73 Å². The maximum atomic E-state index is 13.1. The van der Waals surface area contributed by atoms with Crippen LogP contribution in [0.25, 0.3) is 11.1 Å². The second kappa shape index (κ2) is 14.9. The molecule has 0 aromatic heterocycles. The Labute approximate surface area is 232 Å². The summed E-state index contributed by atoms with van der Waals surface area (Å²) >= 11 is 0. The summed E-state index contributed by atoms with van der Waals surface area (Å²) in [5.41, 5.74) is 8.95. The first kappa shape index (κ1) is 33.9. The van der Waals surface area contributed by atoms with Gasteiger partial charge in [0.2, 0.25) is 0 Å². The lowest BCUT2D eigenvalue weighted by molar-refractivity contribution is 0.0697. The minimum atomic E-state index is -3.67. The van der Waals surface area contributed by atoms with Crippen molar-refractivity contribution in [2.75, 3.05) is 24.9 Å². The Morgan fingerprint density at radius 1 is 0.850 bits per heavy atom. The molecule has 0 saturated carbocycles. The number of carbonyl (C=O) groups is 2. The van der Waals surface area contributed by atoms with Gasteiger partial charge in [-0.3, -0.25) is 19.3 Å². The van der Waals surface area contributed by atoms with E-state index in [0.717, 1.165) is 5.56 Å². The van der Waals surface area contributed by atoms with Crippen LogP contribution in [0.15, 0.2) is 66.7 Å². The van der Waals surface area contributed by atoms with Gasteiger partial charge in [0.05, 0.1) is 18.1 Å². The smallest absolute Gasteiger partial charge is 0.336 e. The van der Waals surface area contributed by atoms with Crippen molar-refractivity contribution < 1.29 is 40.6 Å². The van der Waals surface area contributed by atoms with Gasteiger partial charge in [0, 0.05) is 23.4 Å². The van der Waals surface area contributed by atoms with Crippen LogP contribution in [0.3, 0.4) is 0 Å². The predicted molar refractivity (Wildman–Crippen MR) is 152 cm³/mol. The number of amides is 1. The Morgan fingerprint density at radius 3 is 1.82 bits per heavy atom. The Bertz CT molecular complexity index is 1530. The van der Waals surface area contributed by atoms with Crippen molar-refractivity contribution >= 4 is 43.6 Å². The van der Waals surface area contributed by atoms with E-state index < -0.39 is 26.2 Å². The molecular weight excluding hydrogens is 564 g/mol. The van der Waals surface area contributed by atoms with E-state index in [0.29, 0.717) is 47.0 Å². The highest BCUT2D eigenvalue weighted by Gasteiger charge is 2.19. The zero-order valence-corrected chi connectivity index (χ0v) is 23.4. The predicted octanol–water partition coefficient (Wildman–Crippen LogP) is 2.32. The number of rotatable bonds is 7. The molecule has 0 bridgehead atoms. The maximum Gasteiger partial charge on any atom is 0.336 e. The standard InChI is InChI=1S/C23H22N4O3.2CH4O3S/c1-26-13-14-6-11-18(17-4-2-3-5-19(17)23(29)30)20(12-14)22(28)27-16-9-7-15(8-10-16)21(24)25;2*1-5(2,3)4/h2-12,26H,13H2,1H3,(H3,24,25)(H,27,28)(H,29,30);2*1H3,(H,2,3,4). The second-order valence-electron chi connectivity index (χ2n) is 8.17. The number of benzene rings is 3. The fourth-order valence-electron chi connectivity index (χ4n) is 3.16. The van der Waals surface area contributed by atoms with E-state index in [1.165, 1.54) is 6.07 Å². The molecule has 0 spiro atoms. The van der Waals surface area contributed by atoms with Gasteiger partial charge in [-0.2, -0.15) is 16.8 Å². The molecule has 3 rings (SSSR count). The number of nitrogen functional groups attached to an aromatic ring is 1. The molecule has 8 N–H and O–H groups in total. The van der Waals surface area contributed by atoms with Crippen LogP contribution in [-0.4, -0.2) is 68.3 Å². The van der Waals surface area contributed by atoms with E-state index in [1.807, 2.05) is 13.1 Å². The number of amidine groups is 1. The van der Waals surface area contributed by atoms with E-state index in [4.69, 9.17) is 20.2 Å². The fourth-order valence-corrected chi connectivity index (χ4v) is 3.16. The van der Waals surface area contributed by atoms with Gasteiger partial charge in [0.1, 0.15) is 5.84 Å². The van der Waals surface area contributed by atoms with Crippen LogP contribution in [0.1, 0.15) is 31.8 Å². The van der Waals surface area contributed by atoms with Crippen LogP contribution < -0.4 is 16.4 Å². The van der Waals surface area contributed by atoms with Crippen molar-refractivity contribution in [3.63, 3.8) is 0 Å². The van der Waals surface area contributed by atoms with E-state index >= 15 is 0 Å². The molecule has 40 heavy (non-hydrogen) atoms. The third kappa shape index (κ3) is 13.1. The molecule has 0 aliphatic heterocycles. The molecule has 3 aromatic rings. The van der Waals surface area contributed by atoms with Crippen LogP contribution in [0.2, 0.25) is 0 Å². The molecule has 0 fully saturated rings.